The zero-order chi connectivity index (χ0) is 12.4. The Labute approximate surface area is 106 Å². The van der Waals surface area contributed by atoms with Gasteiger partial charge in [-0.15, -0.1) is 0 Å². The molecule has 0 saturated carbocycles. The van der Waals surface area contributed by atoms with Crippen molar-refractivity contribution in [2.24, 2.45) is 0 Å². The minimum Gasteiger partial charge on any atom is -0.304 e. The second-order valence-electron chi connectivity index (χ2n) is 4.19. The van der Waals surface area contributed by atoms with Gasteiger partial charge in [0, 0.05) is 12.1 Å². The second kappa shape index (κ2) is 4.53. The van der Waals surface area contributed by atoms with E-state index in [1.165, 1.54) is 0 Å². The van der Waals surface area contributed by atoms with Crippen molar-refractivity contribution in [3.05, 3.63) is 60.2 Å². The Morgan fingerprint density at radius 1 is 1.00 bits per heavy atom. The molecular formula is C15H13N2O. The Hall–Kier alpha value is -2.29. The van der Waals surface area contributed by atoms with Crippen LogP contribution < -0.4 is 10.2 Å². The number of fused-ring (bicyclic) bond motifs is 1. The number of nitrogens with zero attached hydrogens (tertiary/aromatic N) is 2. The number of carbonyl (C=O) groups is 1. The largest absolute Gasteiger partial charge is 0.304 e. The van der Waals surface area contributed by atoms with Crippen LogP contribution in [0, 0.1) is 0 Å². The summed E-state index contributed by atoms with van der Waals surface area (Å²) in [6.45, 7) is 1.31. The molecule has 0 aromatic heterocycles. The zero-order valence-electron chi connectivity index (χ0n) is 9.91. The van der Waals surface area contributed by atoms with Crippen LogP contribution in [0.25, 0.3) is 0 Å². The molecule has 0 N–H and O–H groups in total. The summed E-state index contributed by atoms with van der Waals surface area (Å²) in [5, 5.41) is 4.43. The maximum atomic E-state index is 12.4. The van der Waals surface area contributed by atoms with E-state index in [1.807, 2.05) is 54.6 Å². The van der Waals surface area contributed by atoms with Gasteiger partial charge in [-0.2, -0.15) is 0 Å². The van der Waals surface area contributed by atoms with Gasteiger partial charge in [0.1, 0.15) is 0 Å². The first-order valence-electron chi connectivity index (χ1n) is 6.00. The van der Waals surface area contributed by atoms with Crippen molar-refractivity contribution in [2.45, 2.75) is 0 Å². The van der Waals surface area contributed by atoms with Gasteiger partial charge in [-0.3, -0.25) is 10.1 Å². The summed E-state index contributed by atoms with van der Waals surface area (Å²) in [6.07, 6.45) is 0. The van der Waals surface area contributed by atoms with Gasteiger partial charge in [-0.05, 0) is 24.3 Å². The van der Waals surface area contributed by atoms with Gasteiger partial charge in [0.05, 0.1) is 17.9 Å². The molecule has 0 atom stereocenters. The lowest BCUT2D eigenvalue weighted by Gasteiger charge is -2.29. The van der Waals surface area contributed by atoms with Gasteiger partial charge in [0.15, 0.2) is 0 Å². The number of para-hydroxylation sites is 2. The fraction of sp³-hybridized carbons (Fsp3) is 0.133. The van der Waals surface area contributed by atoms with Crippen LogP contribution in [0.2, 0.25) is 0 Å². The van der Waals surface area contributed by atoms with Gasteiger partial charge in [0.25, 0.3) is 5.91 Å². The monoisotopic (exact) mass is 237 g/mol. The Kier molecular flexibility index (Phi) is 2.73. The third-order valence-corrected chi connectivity index (χ3v) is 3.04. The first-order chi connectivity index (χ1) is 8.86. The second-order valence-corrected chi connectivity index (χ2v) is 4.19. The van der Waals surface area contributed by atoms with E-state index in [-0.39, 0.29) is 5.91 Å². The van der Waals surface area contributed by atoms with Crippen LogP contribution in [-0.2, 0) is 0 Å². The predicted molar refractivity (Wildman–Crippen MR) is 71.2 cm³/mol. The molecule has 0 unspecified atom stereocenters. The van der Waals surface area contributed by atoms with Gasteiger partial charge < -0.3 is 4.90 Å². The minimum absolute atomic E-state index is 0.0398. The van der Waals surface area contributed by atoms with Crippen molar-refractivity contribution < 1.29 is 4.79 Å². The number of hydrogen-bond donors (Lipinski definition) is 0. The topological polar surface area (TPSA) is 34.4 Å². The molecule has 1 heterocycles. The molecular weight excluding hydrogens is 224 g/mol. The molecule has 1 aliphatic rings. The van der Waals surface area contributed by atoms with Crippen molar-refractivity contribution >= 4 is 17.3 Å². The maximum Gasteiger partial charge on any atom is 0.258 e. The van der Waals surface area contributed by atoms with Crippen molar-refractivity contribution in [3.63, 3.8) is 0 Å². The lowest BCUT2D eigenvalue weighted by atomic mass is 10.1. The van der Waals surface area contributed by atoms with E-state index in [0.717, 1.165) is 11.4 Å². The van der Waals surface area contributed by atoms with E-state index in [4.69, 9.17) is 0 Å². The quantitative estimate of drug-likeness (QED) is 0.750. The third-order valence-electron chi connectivity index (χ3n) is 3.04. The molecule has 0 spiro atoms. The van der Waals surface area contributed by atoms with Crippen LogP contribution in [-0.4, -0.2) is 19.0 Å². The van der Waals surface area contributed by atoms with Gasteiger partial charge >= 0.3 is 0 Å². The molecule has 1 aliphatic heterocycles. The van der Waals surface area contributed by atoms with Crippen LogP contribution in [0.4, 0.5) is 11.4 Å². The van der Waals surface area contributed by atoms with Crippen molar-refractivity contribution in [1.82, 2.24) is 5.32 Å². The molecule has 3 heteroatoms. The van der Waals surface area contributed by atoms with E-state index in [0.29, 0.717) is 18.7 Å². The molecule has 2 aromatic carbocycles. The summed E-state index contributed by atoms with van der Waals surface area (Å²) in [6, 6.07) is 17.1. The summed E-state index contributed by atoms with van der Waals surface area (Å²) in [5.41, 5.74) is 2.51. The van der Waals surface area contributed by atoms with Crippen LogP contribution >= 0.6 is 0 Å². The lowest BCUT2D eigenvalue weighted by Crippen LogP contribution is -2.38. The van der Waals surface area contributed by atoms with E-state index < -0.39 is 0 Å². The number of hydrogen-bond acceptors (Lipinski definition) is 1. The molecule has 3 rings (SSSR count). The highest BCUT2D eigenvalue weighted by Crippen LogP contribution is 2.29. The molecule has 3 nitrogen and oxygen atoms in total. The van der Waals surface area contributed by atoms with Crippen LogP contribution in [0.3, 0.4) is 0 Å². The van der Waals surface area contributed by atoms with E-state index in [9.17, 15) is 4.79 Å². The molecule has 0 bridgehead atoms. The van der Waals surface area contributed by atoms with E-state index in [1.54, 1.807) is 4.90 Å². The van der Waals surface area contributed by atoms with E-state index >= 15 is 0 Å². The minimum atomic E-state index is 0.0398. The number of amides is 1. The van der Waals surface area contributed by atoms with Crippen molar-refractivity contribution in [2.75, 3.05) is 18.0 Å². The fourth-order valence-corrected chi connectivity index (χ4v) is 2.16. The normalized spacial score (nSPS) is 13.7. The molecule has 2 aromatic rings. The lowest BCUT2D eigenvalue weighted by molar-refractivity contribution is 0.0986. The zero-order valence-corrected chi connectivity index (χ0v) is 9.91. The van der Waals surface area contributed by atoms with Gasteiger partial charge in [-0.25, -0.2) is 0 Å². The highest BCUT2D eigenvalue weighted by Gasteiger charge is 2.23. The van der Waals surface area contributed by atoms with Crippen molar-refractivity contribution in [3.8, 4) is 0 Å². The summed E-state index contributed by atoms with van der Waals surface area (Å²) in [5.74, 6) is 0.0398. The standard InChI is InChI=1S/C15H13N2O/c18-15(12-6-2-1-3-7-12)17-11-10-16-13-8-4-5-9-14(13)17/h1-9H,10-11H2. The van der Waals surface area contributed by atoms with Crippen LogP contribution in [0.5, 0.6) is 0 Å². The first-order valence-corrected chi connectivity index (χ1v) is 6.00. The molecule has 0 fully saturated rings. The number of benzene rings is 2. The average Bonchev–Trinajstić information content (AvgIpc) is 2.47. The molecule has 89 valence electrons. The maximum absolute atomic E-state index is 12.4. The van der Waals surface area contributed by atoms with Gasteiger partial charge in [0.2, 0.25) is 0 Å². The summed E-state index contributed by atoms with van der Waals surface area (Å²) < 4.78 is 0. The molecule has 18 heavy (non-hydrogen) atoms. The highest BCUT2D eigenvalue weighted by molar-refractivity contribution is 6.07. The highest BCUT2D eigenvalue weighted by atomic mass is 16.2. The fourth-order valence-electron chi connectivity index (χ4n) is 2.16. The number of carbonyl (C=O) groups excluding carboxylic acids is 1. The Morgan fingerprint density at radius 2 is 1.72 bits per heavy atom. The Balaban J connectivity index is 1.97. The van der Waals surface area contributed by atoms with E-state index in [2.05, 4.69) is 5.32 Å². The summed E-state index contributed by atoms with van der Waals surface area (Å²) in [7, 11) is 0. The smallest absolute Gasteiger partial charge is 0.258 e. The number of rotatable bonds is 1. The summed E-state index contributed by atoms with van der Waals surface area (Å²) in [4.78, 5) is 14.2. The van der Waals surface area contributed by atoms with Crippen molar-refractivity contribution in [1.29, 1.82) is 0 Å². The Bertz CT molecular complexity index is 566. The SMILES string of the molecule is O=C(c1ccccc1)N1CC[N]c2ccccc21. The third kappa shape index (κ3) is 1.84. The van der Waals surface area contributed by atoms with Gasteiger partial charge in [-0.1, -0.05) is 30.3 Å². The predicted octanol–water partition coefficient (Wildman–Crippen LogP) is 2.58. The summed E-state index contributed by atoms with van der Waals surface area (Å²) >= 11 is 0. The molecule has 1 radical (unpaired) electrons. The molecule has 0 aliphatic carbocycles. The average molecular weight is 237 g/mol. The number of anilines is 1. The molecule has 1 amide bonds. The molecule has 0 saturated heterocycles. The van der Waals surface area contributed by atoms with Crippen LogP contribution in [0.1, 0.15) is 10.4 Å². The first kappa shape index (κ1) is 10.8. The van der Waals surface area contributed by atoms with Crippen LogP contribution in [0.15, 0.2) is 54.6 Å². The Morgan fingerprint density at radius 3 is 2.56 bits per heavy atom.